The fourth-order valence-electron chi connectivity index (χ4n) is 4.44. The van der Waals surface area contributed by atoms with E-state index in [0.717, 1.165) is 41.9 Å². The highest BCUT2D eigenvalue weighted by molar-refractivity contribution is 7.93. The summed E-state index contributed by atoms with van der Waals surface area (Å²) in [6, 6.07) is 17.8. The van der Waals surface area contributed by atoms with Gasteiger partial charge in [-0.2, -0.15) is 0 Å². The minimum Gasteiger partial charge on any atom is -0.493 e. The molecule has 0 bridgehead atoms. The first-order valence-corrected chi connectivity index (χ1v) is 13.8. The van der Waals surface area contributed by atoms with E-state index in [-0.39, 0.29) is 12.0 Å². The molecule has 1 aromatic heterocycles. The van der Waals surface area contributed by atoms with Crippen molar-refractivity contribution in [3.8, 4) is 11.5 Å². The van der Waals surface area contributed by atoms with Crippen LogP contribution in [0.15, 0.2) is 67.0 Å². The summed E-state index contributed by atoms with van der Waals surface area (Å²) in [6.45, 7) is 3.33. The van der Waals surface area contributed by atoms with Gasteiger partial charge < -0.3 is 9.47 Å². The summed E-state index contributed by atoms with van der Waals surface area (Å²) in [6.07, 6.45) is 9.15. The standard InChI is InChI=1S/C28H34N2O4S/c1-20(2)35(31,32)30-24-11-8-22(9-12-24)26(18-21-14-16-29-17-15-21)23-10-13-27(33-3)28(19-23)34-25-6-4-5-7-25/h8-17,19-20,25-26,30H,4-7,18H2,1-3H3/t26-/m1/s1. The molecule has 7 heteroatoms. The Hall–Kier alpha value is -3.06. The van der Waals surface area contributed by atoms with Crippen LogP contribution in [0.1, 0.15) is 62.1 Å². The summed E-state index contributed by atoms with van der Waals surface area (Å²) in [5.74, 6) is 1.56. The lowest BCUT2D eigenvalue weighted by Gasteiger charge is -2.22. The fraction of sp³-hybridized carbons (Fsp3) is 0.393. The zero-order valence-electron chi connectivity index (χ0n) is 20.6. The van der Waals surface area contributed by atoms with Gasteiger partial charge in [0.15, 0.2) is 11.5 Å². The van der Waals surface area contributed by atoms with Gasteiger partial charge >= 0.3 is 0 Å². The maximum Gasteiger partial charge on any atom is 0.235 e. The van der Waals surface area contributed by atoms with Crippen LogP contribution in [0.5, 0.6) is 11.5 Å². The maximum absolute atomic E-state index is 12.3. The predicted octanol–water partition coefficient (Wildman–Crippen LogP) is 5.94. The number of sulfonamides is 1. The molecule has 1 saturated carbocycles. The van der Waals surface area contributed by atoms with Gasteiger partial charge in [0.2, 0.25) is 10.0 Å². The monoisotopic (exact) mass is 494 g/mol. The van der Waals surface area contributed by atoms with E-state index < -0.39 is 15.3 Å². The van der Waals surface area contributed by atoms with E-state index in [1.165, 1.54) is 18.4 Å². The van der Waals surface area contributed by atoms with Crippen LogP contribution in [0.2, 0.25) is 0 Å². The van der Waals surface area contributed by atoms with Gasteiger partial charge in [0.25, 0.3) is 0 Å². The molecule has 3 aromatic rings. The van der Waals surface area contributed by atoms with Gasteiger partial charge in [-0.25, -0.2) is 8.42 Å². The average Bonchev–Trinajstić information content (AvgIpc) is 3.37. The molecule has 1 atom stereocenters. The van der Waals surface area contributed by atoms with Crippen LogP contribution in [-0.2, 0) is 16.4 Å². The van der Waals surface area contributed by atoms with Gasteiger partial charge in [-0.05, 0) is 99.0 Å². The van der Waals surface area contributed by atoms with Crippen molar-refractivity contribution in [1.82, 2.24) is 4.98 Å². The highest BCUT2D eigenvalue weighted by atomic mass is 32.2. The molecule has 186 valence electrons. The van der Waals surface area contributed by atoms with Gasteiger partial charge in [0.05, 0.1) is 18.5 Å². The van der Waals surface area contributed by atoms with Crippen molar-refractivity contribution in [3.63, 3.8) is 0 Å². The van der Waals surface area contributed by atoms with Crippen LogP contribution in [0, 0.1) is 0 Å². The van der Waals surface area contributed by atoms with Crippen molar-refractivity contribution in [2.45, 2.75) is 63.2 Å². The summed E-state index contributed by atoms with van der Waals surface area (Å²) >= 11 is 0. The molecule has 1 aliphatic carbocycles. The Balaban J connectivity index is 1.67. The highest BCUT2D eigenvalue weighted by Crippen LogP contribution is 2.37. The van der Waals surface area contributed by atoms with E-state index in [0.29, 0.717) is 5.69 Å². The molecule has 0 saturated heterocycles. The molecular formula is C28H34N2O4S. The first kappa shape index (κ1) is 25.0. The van der Waals surface area contributed by atoms with E-state index in [2.05, 4.69) is 21.8 Å². The van der Waals surface area contributed by atoms with Crippen molar-refractivity contribution < 1.29 is 17.9 Å². The first-order chi connectivity index (χ1) is 16.9. The SMILES string of the molecule is COc1ccc([C@H](Cc2ccncc2)c2ccc(NS(=O)(=O)C(C)C)cc2)cc1OC1CCCC1. The lowest BCUT2D eigenvalue weighted by Crippen LogP contribution is -2.22. The van der Waals surface area contributed by atoms with E-state index in [4.69, 9.17) is 9.47 Å². The molecule has 35 heavy (non-hydrogen) atoms. The summed E-state index contributed by atoms with van der Waals surface area (Å²) in [5, 5.41) is -0.501. The number of hydrogen-bond donors (Lipinski definition) is 1. The molecule has 0 radical (unpaired) electrons. The lowest BCUT2D eigenvalue weighted by molar-refractivity contribution is 0.200. The van der Waals surface area contributed by atoms with Crippen molar-refractivity contribution in [2.24, 2.45) is 0 Å². The number of pyridine rings is 1. The Kier molecular flexibility index (Phi) is 7.96. The summed E-state index contributed by atoms with van der Waals surface area (Å²) in [7, 11) is -1.73. The van der Waals surface area contributed by atoms with Crippen LogP contribution in [-0.4, -0.2) is 31.9 Å². The number of methoxy groups -OCH3 is 1. The van der Waals surface area contributed by atoms with Gasteiger partial charge in [-0.1, -0.05) is 18.2 Å². The highest BCUT2D eigenvalue weighted by Gasteiger charge is 2.22. The quantitative estimate of drug-likeness (QED) is 0.378. The summed E-state index contributed by atoms with van der Waals surface area (Å²) in [4.78, 5) is 4.15. The summed E-state index contributed by atoms with van der Waals surface area (Å²) < 4.78 is 39.2. The maximum atomic E-state index is 12.3. The first-order valence-electron chi connectivity index (χ1n) is 12.2. The van der Waals surface area contributed by atoms with Gasteiger partial charge in [-0.15, -0.1) is 0 Å². The number of hydrogen-bond acceptors (Lipinski definition) is 5. The van der Waals surface area contributed by atoms with E-state index in [9.17, 15) is 8.42 Å². The Morgan fingerprint density at radius 1 is 0.943 bits per heavy atom. The minimum absolute atomic E-state index is 0.0463. The third kappa shape index (κ3) is 6.34. The van der Waals surface area contributed by atoms with Crippen LogP contribution in [0.25, 0.3) is 0 Å². The second-order valence-corrected chi connectivity index (χ2v) is 11.6. The Morgan fingerprint density at radius 2 is 1.60 bits per heavy atom. The third-order valence-corrected chi connectivity index (χ3v) is 8.33. The number of ether oxygens (including phenoxy) is 2. The molecule has 4 rings (SSSR count). The van der Waals surface area contributed by atoms with Crippen molar-refractivity contribution in [1.29, 1.82) is 0 Å². The molecule has 1 fully saturated rings. The molecule has 1 aliphatic rings. The molecule has 2 aromatic carbocycles. The number of aromatic nitrogens is 1. The zero-order valence-corrected chi connectivity index (χ0v) is 21.4. The fourth-order valence-corrected chi connectivity index (χ4v) is 5.14. The average molecular weight is 495 g/mol. The van der Waals surface area contributed by atoms with Crippen LogP contribution in [0.3, 0.4) is 0 Å². The van der Waals surface area contributed by atoms with Crippen molar-refractivity contribution in [2.75, 3.05) is 11.8 Å². The van der Waals surface area contributed by atoms with E-state index >= 15 is 0 Å². The Bertz CT molecular complexity index is 1210. The van der Waals surface area contributed by atoms with E-state index in [1.54, 1.807) is 33.4 Å². The number of anilines is 1. The number of nitrogens with zero attached hydrogens (tertiary/aromatic N) is 1. The van der Waals surface area contributed by atoms with Gasteiger partial charge in [0, 0.05) is 24.0 Å². The second-order valence-electron chi connectivity index (χ2n) is 9.36. The van der Waals surface area contributed by atoms with Crippen LogP contribution < -0.4 is 14.2 Å². The normalized spacial score (nSPS) is 15.2. The smallest absolute Gasteiger partial charge is 0.235 e. The molecule has 6 nitrogen and oxygen atoms in total. The molecule has 0 unspecified atom stereocenters. The predicted molar refractivity (Wildman–Crippen MR) is 140 cm³/mol. The molecule has 1 N–H and O–H groups in total. The molecular weight excluding hydrogens is 460 g/mol. The zero-order chi connectivity index (χ0) is 24.8. The van der Waals surface area contributed by atoms with Gasteiger partial charge in [-0.3, -0.25) is 9.71 Å². The van der Waals surface area contributed by atoms with Crippen molar-refractivity contribution in [3.05, 3.63) is 83.7 Å². The number of rotatable bonds is 10. The molecule has 0 amide bonds. The topological polar surface area (TPSA) is 77.5 Å². The number of nitrogens with one attached hydrogen (secondary N) is 1. The van der Waals surface area contributed by atoms with E-state index in [1.807, 2.05) is 42.5 Å². The van der Waals surface area contributed by atoms with Crippen molar-refractivity contribution >= 4 is 15.7 Å². The van der Waals surface area contributed by atoms with Crippen LogP contribution in [0.4, 0.5) is 5.69 Å². The van der Waals surface area contributed by atoms with Crippen LogP contribution >= 0.6 is 0 Å². The second kappa shape index (κ2) is 11.1. The van der Waals surface area contributed by atoms with Gasteiger partial charge in [0.1, 0.15) is 0 Å². The summed E-state index contributed by atoms with van der Waals surface area (Å²) in [5.41, 5.74) is 3.94. The molecule has 0 spiro atoms. The molecule has 1 heterocycles. The largest absolute Gasteiger partial charge is 0.493 e. The molecule has 0 aliphatic heterocycles. The number of benzene rings is 2. The minimum atomic E-state index is -3.40. The third-order valence-electron chi connectivity index (χ3n) is 6.57. The Labute approximate surface area is 208 Å². The Morgan fingerprint density at radius 3 is 2.23 bits per heavy atom. The lowest BCUT2D eigenvalue weighted by atomic mass is 9.86.